The molecule has 4 nitrogen and oxygen atoms in total. The van der Waals surface area contributed by atoms with Crippen molar-refractivity contribution in [3.63, 3.8) is 0 Å². The Bertz CT molecular complexity index is 455. The van der Waals surface area contributed by atoms with Gasteiger partial charge in [0.1, 0.15) is 4.75 Å². The van der Waals surface area contributed by atoms with E-state index in [9.17, 15) is 8.42 Å². The first-order valence-corrected chi connectivity index (χ1v) is 7.39. The van der Waals surface area contributed by atoms with Gasteiger partial charge in [0.15, 0.2) is 0 Å². The van der Waals surface area contributed by atoms with Crippen LogP contribution < -0.4 is 0 Å². The van der Waals surface area contributed by atoms with E-state index < -0.39 is 14.8 Å². The fourth-order valence-electron chi connectivity index (χ4n) is 2.82. The maximum Gasteiger partial charge on any atom is 0.242 e. The van der Waals surface area contributed by atoms with Gasteiger partial charge in [0.05, 0.1) is 0 Å². The third-order valence-electron chi connectivity index (χ3n) is 3.79. The van der Waals surface area contributed by atoms with Crippen LogP contribution in [-0.4, -0.2) is 49.1 Å². The topological polar surface area (TPSA) is 40.6 Å². The van der Waals surface area contributed by atoms with Crippen LogP contribution >= 0.6 is 0 Å². The van der Waals surface area contributed by atoms with Gasteiger partial charge in [-0.3, -0.25) is 4.31 Å². The van der Waals surface area contributed by atoms with Crippen LogP contribution in [0.1, 0.15) is 19.8 Å². The number of hydrogen-bond donors (Lipinski definition) is 0. The zero-order chi connectivity index (χ0) is 12.7. The molecule has 2 fully saturated rings. The highest BCUT2D eigenvalue weighted by Gasteiger charge is 2.55. The number of allylic oxidation sites excluding steroid dienone is 2. The molecule has 0 radical (unpaired) electrons. The van der Waals surface area contributed by atoms with Crippen molar-refractivity contribution in [1.29, 1.82) is 0 Å². The van der Waals surface area contributed by atoms with Crippen molar-refractivity contribution < 1.29 is 8.42 Å². The van der Waals surface area contributed by atoms with Crippen molar-refractivity contribution in [2.75, 3.05) is 26.7 Å². The van der Waals surface area contributed by atoms with Crippen molar-refractivity contribution in [3.05, 3.63) is 24.4 Å². The average molecular weight is 256 g/mol. The standard InChI is InChI=1S/C12H20N2O2S/c1-4-5-11(2)14-9-7-12(17(14,15)16)6-8-13(3)10-12/h4-5H,2,6-10H2,1,3H3/b5-4-/t12-/m0/s1. The lowest BCUT2D eigenvalue weighted by molar-refractivity contribution is 0.398. The Morgan fingerprint density at radius 1 is 1.35 bits per heavy atom. The smallest absolute Gasteiger partial charge is 0.242 e. The number of hydrogen-bond acceptors (Lipinski definition) is 3. The Kier molecular flexibility index (Phi) is 3.08. The van der Waals surface area contributed by atoms with Crippen LogP contribution in [0.3, 0.4) is 0 Å². The van der Waals surface area contributed by atoms with Crippen molar-refractivity contribution in [3.8, 4) is 0 Å². The van der Waals surface area contributed by atoms with Crippen LogP contribution in [-0.2, 0) is 10.0 Å². The second kappa shape index (κ2) is 4.14. The first-order valence-electron chi connectivity index (χ1n) is 5.95. The minimum Gasteiger partial charge on any atom is -0.305 e. The van der Waals surface area contributed by atoms with Gasteiger partial charge in [0.2, 0.25) is 10.0 Å². The molecule has 0 aromatic heterocycles. The maximum atomic E-state index is 12.6. The molecule has 0 bridgehead atoms. The van der Waals surface area contributed by atoms with E-state index in [0.29, 0.717) is 18.8 Å². The summed E-state index contributed by atoms with van der Waals surface area (Å²) in [4.78, 5) is 2.10. The largest absolute Gasteiger partial charge is 0.305 e. The van der Waals surface area contributed by atoms with Crippen LogP contribution in [0.25, 0.3) is 0 Å². The predicted octanol–water partition coefficient (Wildman–Crippen LogP) is 1.19. The number of sulfonamides is 1. The molecule has 0 amide bonds. The van der Waals surface area contributed by atoms with Gasteiger partial charge in [-0.2, -0.15) is 0 Å². The lowest BCUT2D eigenvalue weighted by Gasteiger charge is -2.25. The average Bonchev–Trinajstić information content (AvgIpc) is 2.72. The number of nitrogens with zero attached hydrogens (tertiary/aromatic N) is 2. The van der Waals surface area contributed by atoms with E-state index in [2.05, 4.69) is 11.5 Å². The fraction of sp³-hybridized carbons (Fsp3) is 0.667. The number of rotatable bonds is 2. The summed E-state index contributed by atoms with van der Waals surface area (Å²) in [5, 5.41) is 0. The Labute approximate surface area is 104 Å². The lowest BCUT2D eigenvalue weighted by Crippen LogP contribution is -2.41. The van der Waals surface area contributed by atoms with Crippen molar-refractivity contribution in [2.24, 2.45) is 0 Å². The first kappa shape index (κ1) is 12.6. The Morgan fingerprint density at radius 3 is 2.53 bits per heavy atom. The highest BCUT2D eigenvalue weighted by Crippen LogP contribution is 2.41. The summed E-state index contributed by atoms with van der Waals surface area (Å²) < 4.78 is 26.1. The summed E-state index contributed by atoms with van der Waals surface area (Å²) in [5.74, 6) is 0. The molecular formula is C12H20N2O2S. The van der Waals surface area contributed by atoms with E-state index in [0.717, 1.165) is 19.4 Å². The molecule has 2 saturated heterocycles. The normalized spacial score (nSPS) is 32.9. The van der Waals surface area contributed by atoms with E-state index >= 15 is 0 Å². The van der Waals surface area contributed by atoms with E-state index in [1.54, 1.807) is 6.08 Å². The van der Waals surface area contributed by atoms with Crippen LogP contribution in [0.4, 0.5) is 0 Å². The Morgan fingerprint density at radius 2 is 2.00 bits per heavy atom. The summed E-state index contributed by atoms with van der Waals surface area (Å²) in [6, 6.07) is 0. The summed E-state index contributed by atoms with van der Waals surface area (Å²) in [6.45, 7) is 7.79. The molecule has 1 atom stereocenters. The SMILES string of the molecule is C=C(/C=C\C)N1CC[C@]2(CCN(C)C2)S1(=O)=O. The second-order valence-electron chi connectivity index (χ2n) is 4.99. The highest BCUT2D eigenvalue weighted by molar-refractivity contribution is 7.91. The van der Waals surface area contributed by atoms with Crippen LogP contribution in [0.2, 0.25) is 0 Å². The van der Waals surface area contributed by atoms with Gasteiger partial charge in [0.25, 0.3) is 0 Å². The highest BCUT2D eigenvalue weighted by atomic mass is 32.2. The molecule has 2 aliphatic rings. The molecule has 2 heterocycles. The second-order valence-corrected chi connectivity index (χ2v) is 7.25. The molecule has 0 aromatic carbocycles. The lowest BCUT2D eigenvalue weighted by atomic mass is 10.0. The monoisotopic (exact) mass is 256 g/mol. The molecule has 5 heteroatoms. The first-order chi connectivity index (χ1) is 7.93. The van der Waals surface area contributed by atoms with Gasteiger partial charge in [0, 0.05) is 18.8 Å². The van der Waals surface area contributed by atoms with Crippen molar-refractivity contribution in [1.82, 2.24) is 9.21 Å². The molecule has 0 aromatic rings. The number of likely N-dealkylation sites (tertiary alicyclic amines) is 1. The molecule has 0 N–H and O–H groups in total. The van der Waals surface area contributed by atoms with Gasteiger partial charge in [-0.1, -0.05) is 12.7 Å². The third-order valence-corrected chi connectivity index (χ3v) is 6.42. The summed E-state index contributed by atoms with van der Waals surface area (Å²) in [6.07, 6.45) is 5.04. The van der Waals surface area contributed by atoms with Gasteiger partial charge in [-0.15, -0.1) is 0 Å². The van der Waals surface area contributed by atoms with E-state index in [1.165, 1.54) is 4.31 Å². The van der Waals surface area contributed by atoms with E-state index in [4.69, 9.17) is 0 Å². The van der Waals surface area contributed by atoms with Gasteiger partial charge < -0.3 is 4.90 Å². The molecule has 0 saturated carbocycles. The van der Waals surface area contributed by atoms with Gasteiger partial charge in [-0.25, -0.2) is 8.42 Å². The molecular weight excluding hydrogens is 236 g/mol. The van der Waals surface area contributed by atoms with E-state index in [1.807, 2.05) is 20.0 Å². The predicted molar refractivity (Wildman–Crippen MR) is 69.0 cm³/mol. The summed E-state index contributed by atoms with van der Waals surface area (Å²) in [5.41, 5.74) is 0.582. The zero-order valence-electron chi connectivity index (χ0n) is 10.5. The molecule has 1 spiro atoms. The molecule has 2 rings (SSSR count). The zero-order valence-corrected chi connectivity index (χ0v) is 11.3. The molecule has 2 aliphatic heterocycles. The third kappa shape index (κ3) is 1.81. The van der Waals surface area contributed by atoms with E-state index in [-0.39, 0.29) is 0 Å². The van der Waals surface area contributed by atoms with Crippen LogP contribution in [0, 0.1) is 0 Å². The van der Waals surface area contributed by atoms with Gasteiger partial charge in [-0.05, 0) is 39.4 Å². The molecule has 17 heavy (non-hydrogen) atoms. The Balaban J connectivity index is 2.30. The quantitative estimate of drug-likeness (QED) is 0.697. The minimum absolute atomic E-state index is 0.563. The van der Waals surface area contributed by atoms with Gasteiger partial charge >= 0.3 is 0 Å². The van der Waals surface area contributed by atoms with Crippen molar-refractivity contribution >= 4 is 10.0 Å². The minimum atomic E-state index is -3.24. The molecule has 96 valence electrons. The molecule has 0 unspecified atom stereocenters. The fourth-order valence-corrected chi connectivity index (χ4v) is 5.07. The van der Waals surface area contributed by atoms with Crippen molar-refractivity contribution in [2.45, 2.75) is 24.5 Å². The maximum absolute atomic E-state index is 12.6. The summed E-state index contributed by atoms with van der Waals surface area (Å²) >= 11 is 0. The van der Waals surface area contributed by atoms with Crippen LogP contribution in [0.15, 0.2) is 24.4 Å². The Hall–Kier alpha value is -0.810. The summed E-state index contributed by atoms with van der Waals surface area (Å²) in [7, 11) is -1.26. The van der Waals surface area contributed by atoms with Crippen LogP contribution in [0.5, 0.6) is 0 Å². The molecule has 0 aliphatic carbocycles.